The van der Waals surface area contributed by atoms with E-state index in [-0.39, 0.29) is 35.6 Å². The molecule has 7 nitrogen and oxygen atoms in total. The number of epoxide rings is 1. The molecule has 3 saturated carbocycles. The second kappa shape index (κ2) is 5.70. The summed E-state index contributed by atoms with van der Waals surface area (Å²) in [7, 11) is -3.66. The van der Waals surface area contributed by atoms with Crippen LogP contribution in [0.25, 0.3) is 0 Å². The van der Waals surface area contributed by atoms with E-state index < -0.39 is 44.7 Å². The van der Waals surface area contributed by atoms with Crippen LogP contribution in [-0.4, -0.2) is 56.3 Å². The molecule has 6 aliphatic rings. The molecule has 0 amide bonds. The molecule has 178 valence electrons. The molecule has 4 aliphatic carbocycles. The molecule has 32 heavy (non-hydrogen) atoms. The molecule has 6 rings (SSSR count). The van der Waals surface area contributed by atoms with Crippen molar-refractivity contribution in [3.8, 4) is 0 Å². The Kier molecular flexibility index (Phi) is 3.87. The lowest BCUT2D eigenvalue weighted by atomic mass is 9.59. The maximum absolute atomic E-state index is 14.6. The number of hydrogen-bond donors (Lipinski definition) is 0. The van der Waals surface area contributed by atoms with Gasteiger partial charge < -0.3 is 14.2 Å². The first-order chi connectivity index (χ1) is 14.6. The van der Waals surface area contributed by atoms with E-state index >= 15 is 0 Å². The van der Waals surface area contributed by atoms with Crippen molar-refractivity contribution in [2.75, 3.05) is 12.9 Å². The minimum atomic E-state index is -3.66. The molecular weight excluding hydrogens is 432 g/mol. The fourth-order valence-electron chi connectivity index (χ4n) is 8.45. The minimum Gasteiger partial charge on any atom is -0.360 e. The van der Waals surface area contributed by atoms with Gasteiger partial charge >= 0.3 is 0 Å². The summed E-state index contributed by atoms with van der Waals surface area (Å²) in [4.78, 5) is 14.6. The van der Waals surface area contributed by atoms with Crippen LogP contribution >= 0.6 is 0 Å². The summed E-state index contributed by atoms with van der Waals surface area (Å²) in [5, 5.41) is 0. The lowest BCUT2D eigenvalue weighted by Gasteiger charge is -2.46. The van der Waals surface area contributed by atoms with Gasteiger partial charge in [0.1, 0.15) is 29.2 Å². The number of carbonyl (C=O) groups excluding carboxylic acids is 1. The first-order valence-electron chi connectivity index (χ1n) is 11.8. The third-order valence-corrected chi connectivity index (χ3v) is 10.2. The molecule has 0 aromatic heterocycles. The van der Waals surface area contributed by atoms with Gasteiger partial charge in [-0.05, 0) is 62.4 Å². The lowest BCUT2D eigenvalue weighted by Crippen LogP contribution is -2.62. The smallest absolute Gasteiger partial charge is 0.264 e. The molecule has 2 spiro atoms. The summed E-state index contributed by atoms with van der Waals surface area (Å²) >= 11 is 0. The second-order valence-corrected chi connectivity index (χ2v) is 14.0. The third kappa shape index (κ3) is 2.36. The van der Waals surface area contributed by atoms with Gasteiger partial charge in [0.2, 0.25) is 0 Å². The van der Waals surface area contributed by atoms with Crippen LogP contribution in [-0.2, 0) is 33.3 Å². The Morgan fingerprint density at radius 3 is 2.53 bits per heavy atom. The molecule has 0 aromatic rings. The monoisotopic (exact) mass is 466 g/mol. The second-order valence-electron chi connectivity index (χ2n) is 12.3. The highest BCUT2D eigenvalue weighted by molar-refractivity contribution is 7.85. The fourth-order valence-corrected chi connectivity index (χ4v) is 8.87. The van der Waals surface area contributed by atoms with Crippen molar-refractivity contribution in [2.45, 2.75) is 83.6 Å². The Morgan fingerprint density at radius 1 is 1.19 bits per heavy atom. The highest BCUT2D eigenvalue weighted by atomic mass is 32.2. The van der Waals surface area contributed by atoms with Crippen molar-refractivity contribution >= 4 is 15.9 Å². The SMILES string of the molecule is CC1=C[C@]23C(=O)[C@@H](C[C@@]4(COS(C)(=O)=O)O[C@H]4[C@@]24OC(C)(C)O[C@@H]14)[C@H]1[C@@H](C[C@H]3C)C1(C)C. The predicted molar refractivity (Wildman–Crippen MR) is 115 cm³/mol. The summed E-state index contributed by atoms with van der Waals surface area (Å²) in [6, 6.07) is 0. The van der Waals surface area contributed by atoms with Crippen LogP contribution in [0.5, 0.6) is 0 Å². The van der Waals surface area contributed by atoms with Gasteiger partial charge in [0.25, 0.3) is 10.1 Å². The Labute approximate surface area is 190 Å². The van der Waals surface area contributed by atoms with Gasteiger partial charge in [-0.1, -0.05) is 26.8 Å². The van der Waals surface area contributed by atoms with Crippen LogP contribution in [0, 0.1) is 34.5 Å². The summed E-state index contributed by atoms with van der Waals surface area (Å²) in [5.74, 6) is -0.105. The Balaban J connectivity index is 1.56. The molecule has 2 bridgehead atoms. The van der Waals surface area contributed by atoms with Crippen LogP contribution in [0.2, 0.25) is 0 Å². The number of Topliss-reactive ketones (excluding diaryl/α,β-unsaturated/α-hetero) is 1. The van der Waals surface area contributed by atoms with E-state index in [4.69, 9.17) is 18.4 Å². The fraction of sp³-hybridized carbons (Fsp3) is 0.875. The van der Waals surface area contributed by atoms with E-state index in [0.717, 1.165) is 18.2 Å². The third-order valence-electron chi connectivity index (χ3n) is 9.67. The van der Waals surface area contributed by atoms with Gasteiger partial charge in [-0.15, -0.1) is 0 Å². The summed E-state index contributed by atoms with van der Waals surface area (Å²) in [5.41, 5.74) is -1.64. The minimum absolute atomic E-state index is 0.0579. The van der Waals surface area contributed by atoms with Crippen LogP contribution in [0.3, 0.4) is 0 Å². The van der Waals surface area contributed by atoms with Gasteiger partial charge in [-0.25, -0.2) is 0 Å². The van der Waals surface area contributed by atoms with E-state index in [1.54, 1.807) is 0 Å². The summed E-state index contributed by atoms with van der Waals surface area (Å²) < 4.78 is 48.7. The molecule has 5 fully saturated rings. The molecular formula is C24H34O7S. The molecule has 0 radical (unpaired) electrons. The van der Waals surface area contributed by atoms with Crippen molar-refractivity contribution in [3.05, 3.63) is 11.6 Å². The maximum atomic E-state index is 14.6. The van der Waals surface area contributed by atoms with Gasteiger partial charge in [-0.3, -0.25) is 8.98 Å². The molecule has 0 unspecified atom stereocenters. The lowest BCUT2D eigenvalue weighted by molar-refractivity contribution is -0.199. The first kappa shape index (κ1) is 21.7. The van der Waals surface area contributed by atoms with E-state index in [0.29, 0.717) is 12.3 Å². The van der Waals surface area contributed by atoms with E-state index in [2.05, 4.69) is 26.8 Å². The number of rotatable bonds is 3. The Morgan fingerprint density at radius 2 is 1.88 bits per heavy atom. The van der Waals surface area contributed by atoms with E-state index in [1.807, 2.05) is 20.8 Å². The van der Waals surface area contributed by atoms with Crippen LogP contribution in [0.4, 0.5) is 0 Å². The van der Waals surface area contributed by atoms with Crippen LogP contribution < -0.4 is 0 Å². The van der Waals surface area contributed by atoms with Crippen LogP contribution in [0.1, 0.15) is 54.4 Å². The quantitative estimate of drug-likeness (QED) is 0.359. The maximum Gasteiger partial charge on any atom is 0.264 e. The van der Waals surface area contributed by atoms with Gasteiger partial charge in [0, 0.05) is 5.92 Å². The number of hydrogen-bond acceptors (Lipinski definition) is 7. The van der Waals surface area contributed by atoms with E-state index in [1.165, 1.54) is 0 Å². The molecule has 2 saturated heterocycles. The van der Waals surface area contributed by atoms with Crippen molar-refractivity contribution in [1.29, 1.82) is 0 Å². The molecule has 9 atom stereocenters. The largest absolute Gasteiger partial charge is 0.360 e. The normalized spacial score (nSPS) is 53.8. The predicted octanol–water partition coefficient (Wildman–Crippen LogP) is 2.84. The van der Waals surface area contributed by atoms with Crippen molar-refractivity contribution in [2.24, 2.45) is 34.5 Å². The Hall–Kier alpha value is -0.800. The van der Waals surface area contributed by atoms with Crippen LogP contribution in [0.15, 0.2) is 11.6 Å². The zero-order valence-electron chi connectivity index (χ0n) is 19.9. The van der Waals surface area contributed by atoms with Crippen molar-refractivity contribution in [1.82, 2.24) is 0 Å². The number of carbonyl (C=O) groups is 1. The zero-order valence-corrected chi connectivity index (χ0v) is 20.7. The highest BCUT2D eigenvalue weighted by Crippen LogP contribution is 2.77. The zero-order chi connectivity index (χ0) is 23.3. The highest BCUT2D eigenvalue weighted by Gasteiger charge is 2.87. The standard InChI is InChI=1S/C24H34O7S/c1-12-9-23-13(2)8-15-16(20(15,3)4)14(17(23)25)10-22(11-28-32(7,26)27)19(30-22)24(23)18(12)29-21(5,6)31-24/h9,13-16,18-19H,8,10-11H2,1-7H3/t13-,14+,15-,16+,18+,19-,22+,23+,24-/m1/s1. The number of ketones is 1. The van der Waals surface area contributed by atoms with Crippen molar-refractivity contribution in [3.63, 3.8) is 0 Å². The molecule has 8 heteroatoms. The number of fused-ring (bicyclic) bond motifs is 4. The molecule has 2 aliphatic heterocycles. The first-order valence-corrected chi connectivity index (χ1v) is 13.6. The topological polar surface area (TPSA) is 91.4 Å². The Bertz CT molecular complexity index is 1060. The van der Waals surface area contributed by atoms with Gasteiger partial charge in [-0.2, -0.15) is 8.42 Å². The summed E-state index contributed by atoms with van der Waals surface area (Å²) in [6.45, 7) is 12.4. The number of ether oxygens (including phenoxy) is 3. The molecule has 2 heterocycles. The van der Waals surface area contributed by atoms with Crippen molar-refractivity contribution < 1.29 is 31.6 Å². The average Bonchev–Trinajstić information content (AvgIpc) is 3.44. The van der Waals surface area contributed by atoms with Gasteiger partial charge in [0.15, 0.2) is 5.79 Å². The van der Waals surface area contributed by atoms with Gasteiger partial charge in [0.05, 0.1) is 18.3 Å². The molecule has 0 aromatic carbocycles. The average molecular weight is 467 g/mol. The van der Waals surface area contributed by atoms with E-state index in [9.17, 15) is 13.2 Å². The summed E-state index contributed by atoms with van der Waals surface area (Å²) in [6.07, 6.45) is 3.73. The molecule has 0 N–H and O–H groups in total.